The molecule has 0 amide bonds. The first-order chi connectivity index (χ1) is 7.54. The highest BCUT2D eigenvalue weighted by Crippen LogP contribution is 2.18. The molecule has 0 heterocycles. The number of aliphatic carboxylic acids is 1. The Hall–Kier alpha value is -1.06. The number of halogens is 1. The SMILES string of the molecule is CCC(N[C@H](C)c1cccc(Cl)c1)C(=O)O. The standard InChI is InChI=1S/C12H16ClNO2/c1-3-11(12(15)16)14-8(2)9-5-4-6-10(13)7-9/h4-8,11,14H,3H2,1-2H3,(H,15,16)/t8-,11?/m1/s1. The van der Waals surface area contributed by atoms with Crippen molar-refractivity contribution in [1.82, 2.24) is 5.32 Å². The number of hydrogen-bond acceptors (Lipinski definition) is 2. The highest BCUT2D eigenvalue weighted by molar-refractivity contribution is 6.30. The molecule has 4 heteroatoms. The fraction of sp³-hybridized carbons (Fsp3) is 0.417. The summed E-state index contributed by atoms with van der Waals surface area (Å²) in [6.45, 7) is 3.77. The van der Waals surface area contributed by atoms with Gasteiger partial charge in [0.25, 0.3) is 0 Å². The quantitative estimate of drug-likeness (QED) is 0.834. The molecule has 0 saturated heterocycles. The van der Waals surface area contributed by atoms with Gasteiger partial charge in [0, 0.05) is 11.1 Å². The Kier molecular flexibility index (Phi) is 4.77. The normalized spacial score (nSPS) is 14.4. The van der Waals surface area contributed by atoms with Gasteiger partial charge in [-0.15, -0.1) is 0 Å². The van der Waals surface area contributed by atoms with Crippen LogP contribution in [0, 0.1) is 0 Å². The number of hydrogen-bond donors (Lipinski definition) is 2. The van der Waals surface area contributed by atoms with E-state index >= 15 is 0 Å². The highest BCUT2D eigenvalue weighted by Gasteiger charge is 2.17. The smallest absolute Gasteiger partial charge is 0.320 e. The maximum atomic E-state index is 10.9. The van der Waals surface area contributed by atoms with Gasteiger partial charge in [-0.1, -0.05) is 30.7 Å². The van der Waals surface area contributed by atoms with Crippen molar-refractivity contribution in [1.29, 1.82) is 0 Å². The van der Waals surface area contributed by atoms with Crippen molar-refractivity contribution in [3.63, 3.8) is 0 Å². The van der Waals surface area contributed by atoms with Crippen molar-refractivity contribution in [2.45, 2.75) is 32.4 Å². The Morgan fingerprint density at radius 1 is 1.56 bits per heavy atom. The molecule has 1 aromatic carbocycles. The molecule has 2 atom stereocenters. The second-order valence-electron chi connectivity index (χ2n) is 3.74. The fourth-order valence-electron chi connectivity index (χ4n) is 1.54. The third-order valence-corrected chi connectivity index (χ3v) is 2.74. The van der Waals surface area contributed by atoms with Gasteiger partial charge in [0.15, 0.2) is 0 Å². The Bertz CT molecular complexity index is 368. The minimum Gasteiger partial charge on any atom is -0.480 e. The van der Waals surface area contributed by atoms with Crippen LogP contribution in [0.15, 0.2) is 24.3 Å². The summed E-state index contributed by atoms with van der Waals surface area (Å²) in [5.74, 6) is -0.823. The average molecular weight is 242 g/mol. The predicted molar refractivity (Wildman–Crippen MR) is 64.7 cm³/mol. The van der Waals surface area contributed by atoms with Gasteiger partial charge in [-0.05, 0) is 31.0 Å². The van der Waals surface area contributed by atoms with E-state index in [1.807, 2.05) is 32.0 Å². The zero-order valence-corrected chi connectivity index (χ0v) is 10.2. The molecular formula is C12H16ClNO2. The van der Waals surface area contributed by atoms with Crippen LogP contribution in [0.5, 0.6) is 0 Å². The molecule has 16 heavy (non-hydrogen) atoms. The first-order valence-electron chi connectivity index (χ1n) is 5.29. The highest BCUT2D eigenvalue weighted by atomic mass is 35.5. The zero-order chi connectivity index (χ0) is 12.1. The van der Waals surface area contributed by atoms with Crippen molar-refractivity contribution in [3.8, 4) is 0 Å². The third kappa shape index (κ3) is 3.51. The van der Waals surface area contributed by atoms with Crippen LogP contribution < -0.4 is 5.32 Å². The average Bonchev–Trinajstić information content (AvgIpc) is 2.25. The van der Waals surface area contributed by atoms with E-state index in [4.69, 9.17) is 16.7 Å². The van der Waals surface area contributed by atoms with E-state index in [1.165, 1.54) is 0 Å². The molecular weight excluding hydrogens is 226 g/mol. The van der Waals surface area contributed by atoms with Crippen LogP contribution in [-0.4, -0.2) is 17.1 Å². The number of rotatable bonds is 5. The van der Waals surface area contributed by atoms with Gasteiger partial charge in [0.1, 0.15) is 6.04 Å². The maximum absolute atomic E-state index is 10.9. The van der Waals surface area contributed by atoms with Crippen LogP contribution in [0.3, 0.4) is 0 Å². The van der Waals surface area contributed by atoms with Crippen LogP contribution in [0.4, 0.5) is 0 Å². The summed E-state index contributed by atoms with van der Waals surface area (Å²) in [5, 5.41) is 12.6. The van der Waals surface area contributed by atoms with E-state index in [9.17, 15) is 4.79 Å². The van der Waals surface area contributed by atoms with Crippen molar-refractivity contribution < 1.29 is 9.90 Å². The lowest BCUT2D eigenvalue weighted by Crippen LogP contribution is -2.37. The molecule has 1 unspecified atom stereocenters. The largest absolute Gasteiger partial charge is 0.480 e. The van der Waals surface area contributed by atoms with E-state index in [0.29, 0.717) is 11.4 Å². The topological polar surface area (TPSA) is 49.3 Å². The van der Waals surface area contributed by atoms with Gasteiger partial charge in [0.2, 0.25) is 0 Å². The zero-order valence-electron chi connectivity index (χ0n) is 9.40. The van der Waals surface area contributed by atoms with E-state index in [1.54, 1.807) is 6.07 Å². The third-order valence-electron chi connectivity index (χ3n) is 2.51. The summed E-state index contributed by atoms with van der Waals surface area (Å²) in [6, 6.07) is 6.88. The fourth-order valence-corrected chi connectivity index (χ4v) is 1.74. The van der Waals surface area contributed by atoms with Gasteiger partial charge < -0.3 is 5.11 Å². The lowest BCUT2D eigenvalue weighted by atomic mass is 10.1. The summed E-state index contributed by atoms with van der Waals surface area (Å²) < 4.78 is 0. The Labute approximate surface area is 100 Å². The van der Waals surface area contributed by atoms with Crippen molar-refractivity contribution >= 4 is 17.6 Å². The van der Waals surface area contributed by atoms with Crippen molar-refractivity contribution in [2.24, 2.45) is 0 Å². The number of nitrogens with one attached hydrogen (secondary N) is 1. The number of carboxylic acid groups (broad SMARTS) is 1. The molecule has 88 valence electrons. The first kappa shape index (κ1) is 13.0. The lowest BCUT2D eigenvalue weighted by molar-refractivity contribution is -0.139. The Morgan fingerprint density at radius 3 is 2.75 bits per heavy atom. The maximum Gasteiger partial charge on any atom is 0.320 e. The minimum atomic E-state index is -0.823. The van der Waals surface area contributed by atoms with Gasteiger partial charge in [-0.2, -0.15) is 0 Å². The van der Waals surface area contributed by atoms with Crippen LogP contribution in [0.25, 0.3) is 0 Å². The van der Waals surface area contributed by atoms with Crippen LogP contribution in [0.1, 0.15) is 31.9 Å². The predicted octanol–water partition coefficient (Wildman–Crippen LogP) is 2.85. The Morgan fingerprint density at radius 2 is 2.25 bits per heavy atom. The van der Waals surface area contributed by atoms with Crippen LogP contribution >= 0.6 is 11.6 Å². The molecule has 0 saturated carbocycles. The summed E-state index contributed by atoms with van der Waals surface area (Å²) in [6.07, 6.45) is 0.556. The van der Waals surface area contributed by atoms with Gasteiger partial charge in [-0.25, -0.2) is 0 Å². The van der Waals surface area contributed by atoms with Crippen LogP contribution in [0.2, 0.25) is 5.02 Å². The Balaban J connectivity index is 2.71. The second-order valence-corrected chi connectivity index (χ2v) is 4.18. The molecule has 2 N–H and O–H groups in total. The monoisotopic (exact) mass is 241 g/mol. The van der Waals surface area contributed by atoms with E-state index in [0.717, 1.165) is 5.56 Å². The number of benzene rings is 1. The molecule has 0 aromatic heterocycles. The van der Waals surface area contributed by atoms with Crippen LogP contribution in [-0.2, 0) is 4.79 Å². The first-order valence-corrected chi connectivity index (χ1v) is 5.66. The molecule has 0 radical (unpaired) electrons. The molecule has 0 spiro atoms. The summed E-state index contributed by atoms with van der Waals surface area (Å²) in [4.78, 5) is 10.9. The molecule has 1 aromatic rings. The molecule has 0 aliphatic heterocycles. The van der Waals surface area contributed by atoms with Gasteiger partial charge in [-0.3, -0.25) is 10.1 Å². The molecule has 0 aliphatic carbocycles. The summed E-state index contributed by atoms with van der Waals surface area (Å²) >= 11 is 5.88. The summed E-state index contributed by atoms with van der Waals surface area (Å²) in [5.41, 5.74) is 0.993. The van der Waals surface area contributed by atoms with Gasteiger partial charge in [0.05, 0.1) is 0 Å². The number of carboxylic acids is 1. The second kappa shape index (κ2) is 5.87. The molecule has 3 nitrogen and oxygen atoms in total. The summed E-state index contributed by atoms with van der Waals surface area (Å²) in [7, 11) is 0. The van der Waals surface area contributed by atoms with Crippen molar-refractivity contribution in [2.75, 3.05) is 0 Å². The molecule has 0 bridgehead atoms. The molecule has 0 fully saturated rings. The van der Waals surface area contributed by atoms with Crippen molar-refractivity contribution in [3.05, 3.63) is 34.9 Å². The minimum absolute atomic E-state index is 0.0280. The van der Waals surface area contributed by atoms with E-state index < -0.39 is 12.0 Å². The van der Waals surface area contributed by atoms with E-state index in [-0.39, 0.29) is 6.04 Å². The molecule has 0 aliphatic rings. The number of carbonyl (C=O) groups is 1. The molecule has 1 rings (SSSR count). The lowest BCUT2D eigenvalue weighted by Gasteiger charge is -2.19. The van der Waals surface area contributed by atoms with Gasteiger partial charge >= 0.3 is 5.97 Å². The van der Waals surface area contributed by atoms with E-state index in [2.05, 4.69) is 5.32 Å².